The monoisotopic (exact) mass is 291 g/mol. The molecule has 1 aromatic carbocycles. The molecule has 1 aromatic rings. The van der Waals surface area contributed by atoms with Gasteiger partial charge >= 0.3 is 0 Å². The van der Waals surface area contributed by atoms with E-state index in [1.165, 1.54) is 19.3 Å². The van der Waals surface area contributed by atoms with Crippen LogP contribution in [-0.2, 0) is 0 Å². The van der Waals surface area contributed by atoms with Crippen molar-refractivity contribution < 1.29 is 5.11 Å². The Hall–Kier alpha value is -0.860. The van der Waals surface area contributed by atoms with Crippen molar-refractivity contribution in [3.8, 4) is 0 Å². The highest BCUT2D eigenvalue weighted by Crippen LogP contribution is 2.34. The molecule has 0 amide bonds. The Morgan fingerprint density at radius 3 is 2.24 bits per heavy atom. The van der Waals surface area contributed by atoms with Crippen LogP contribution in [0.25, 0.3) is 0 Å². The summed E-state index contributed by atoms with van der Waals surface area (Å²) in [5.41, 5.74) is 0.859. The molecule has 0 aliphatic carbocycles. The van der Waals surface area contributed by atoms with Gasteiger partial charge < -0.3 is 10.0 Å². The summed E-state index contributed by atoms with van der Waals surface area (Å²) in [5, 5.41) is 10.7. The largest absolute Gasteiger partial charge is 0.388 e. The maximum atomic E-state index is 10.7. The van der Waals surface area contributed by atoms with E-state index in [0.717, 1.165) is 18.7 Å². The maximum absolute atomic E-state index is 10.7. The molecule has 1 rings (SSSR count). The second kappa shape index (κ2) is 8.55. The molecule has 0 heterocycles. The van der Waals surface area contributed by atoms with Gasteiger partial charge in [-0.2, -0.15) is 0 Å². The number of hydrogen-bond donors (Lipinski definition) is 1. The van der Waals surface area contributed by atoms with Gasteiger partial charge in [0.1, 0.15) is 0 Å². The average Bonchev–Trinajstić information content (AvgIpc) is 2.46. The number of aliphatic hydroxyl groups excluding tert-OH is 1. The lowest BCUT2D eigenvalue weighted by molar-refractivity contribution is 0.0122. The van der Waals surface area contributed by atoms with E-state index in [2.05, 4.69) is 39.5 Å². The van der Waals surface area contributed by atoms with Crippen LogP contribution in [0, 0.1) is 5.41 Å². The van der Waals surface area contributed by atoms with E-state index in [0.29, 0.717) is 6.04 Å². The fourth-order valence-corrected chi connectivity index (χ4v) is 2.78. The van der Waals surface area contributed by atoms with E-state index >= 15 is 0 Å². The molecule has 1 N–H and O–H groups in total. The van der Waals surface area contributed by atoms with Crippen molar-refractivity contribution in [3.63, 3.8) is 0 Å². The molecule has 120 valence electrons. The van der Waals surface area contributed by atoms with Crippen molar-refractivity contribution >= 4 is 0 Å². The molecule has 0 saturated carbocycles. The van der Waals surface area contributed by atoms with Crippen LogP contribution in [0.1, 0.15) is 65.5 Å². The van der Waals surface area contributed by atoms with Gasteiger partial charge in [-0.15, -0.1) is 0 Å². The number of benzene rings is 1. The zero-order valence-corrected chi connectivity index (χ0v) is 14.5. The standard InChI is InChI=1S/C19H33NO/c1-6-7-11-14-20(16(2)3)15-19(4,5)18(21)17-12-9-8-10-13-17/h8-10,12-13,16,18,21H,6-7,11,14-15H2,1-5H3. The molecule has 0 spiro atoms. The fraction of sp³-hybridized carbons (Fsp3) is 0.684. The highest BCUT2D eigenvalue weighted by atomic mass is 16.3. The Morgan fingerprint density at radius 2 is 1.71 bits per heavy atom. The van der Waals surface area contributed by atoms with E-state index in [1.54, 1.807) is 0 Å². The molecular formula is C19H33NO. The van der Waals surface area contributed by atoms with Crippen molar-refractivity contribution in [2.75, 3.05) is 13.1 Å². The summed E-state index contributed by atoms with van der Waals surface area (Å²) in [7, 11) is 0. The Bertz CT molecular complexity index is 386. The van der Waals surface area contributed by atoms with Crippen molar-refractivity contribution in [2.45, 2.75) is 66.0 Å². The quantitative estimate of drug-likeness (QED) is 0.670. The van der Waals surface area contributed by atoms with E-state index in [4.69, 9.17) is 0 Å². The minimum atomic E-state index is -0.425. The van der Waals surface area contributed by atoms with Gasteiger partial charge in [0.25, 0.3) is 0 Å². The Morgan fingerprint density at radius 1 is 1.10 bits per heavy atom. The van der Waals surface area contributed by atoms with Crippen molar-refractivity contribution in [2.24, 2.45) is 5.41 Å². The highest BCUT2D eigenvalue weighted by Gasteiger charge is 2.31. The van der Waals surface area contributed by atoms with Gasteiger partial charge in [0.2, 0.25) is 0 Å². The number of aliphatic hydroxyl groups is 1. The van der Waals surface area contributed by atoms with Crippen LogP contribution in [0.2, 0.25) is 0 Å². The molecule has 2 heteroatoms. The first-order valence-electron chi connectivity index (χ1n) is 8.35. The molecule has 0 bridgehead atoms. The van der Waals surface area contributed by atoms with Gasteiger partial charge in [-0.1, -0.05) is 63.9 Å². The van der Waals surface area contributed by atoms with Crippen LogP contribution in [0.4, 0.5) is 0 Å². The second-order valence-corrected chi connectivity index (χ2v) is 7.07. The summed E-state index contributed by atoms with van der Waals surface area (Å²) >= 11 is 0. The summed E-state index contributed by atoms with van der Waals surface area (Å²) < 4.78 is 0. The molecule has 1 unspecified atom stereocenters. The number of nitrogens with zero attached hydrogens (tertiary/aromatic N) is 1. The lowest BCUT2D eigenvalue weighted by Gasteiger charge is -2.38. The van der Waals surface area contributed by atoms with Crippen molar-refractivity contribution in [3.05, 3.63) is 35.9 Å². The Labute approximate surface area is 131 Å². The molecule has 0 aliphatic heterocycles. The van der Waals surface area contributed by atoms with Gasteiger partial charge in [0, 0.05) is 18.0 Å². The second-order valence-electron chi connectivity index (χ2n) is 7.07. The lowest BCUT2D eigenvalue weighted by Crippen LogP contribution is -2.42. The third-order valence-corrected chi connectivity index (χ3v) is 4.25. The highest BCUT2D eigenvalue weighted by molar-refractivity contribution is 5.19. The minimum Gasteiger partial charge on any atom is -0.388 e. The third kappa shape index (κ3) is 5.80. The van der Waals surface area contributed by atoms with E-state index in [1.807, 2.05) is 30.3 Å². The summed E-state index contributed by atoms with van der Waals surface area (Å²) in [6.07, 6.45) is 3.35. The van der Waals surface area contributed by atoms with E-state index < -0.39 is 6.10 Å². The first-order valence-corrected chi connectivity index (χ1v) is 8.35. The minimum absolute atomic E-state index is 0.155. The number of rotatable bonds is 9. The summed E-state index contributed by atoms with van der Waals surface area (Å²) in [6, 6.07) is 10.5. The van der Waals surface area contributed by atoms with E-state index in [9.17, 15) is 5.11 Å². The molecule has 2 nitrogen and oxygen atoms in total. The van der Waals surface area contributed by atoms with Crippen molar-refractivity contribution in [1.82, 2.24) is 4.90 Å². The molecule has 0 aromatic heterocycles. The van der Waals surface area contributed by atoms with Crippen molar-refractivity contribution in [1.29, 1.82) is 0 Å². The van der Waals surface area contributed by atoms with Crippen LogP contribution in [-0.4, -0.2) is 29.1 Å². The van der Waals surface area contributed by atoms with Gasteiger partial charge in [-0.3, -0.25) is 0 Å². The van der Waals surface area contributed by atoms with Crippen LogP contribution in [0.5, 0.6) is 0 Å². The van der Waals surface area contributed by atoms with Crippen LogP contribution in [0.15, 0.2) is 30.3 Å². The molecular weight excluding hydrogens is 258 g/mol. The smallest absolute Gasteiger partial charge is 0.0853 e. The maximum Gasteiger partial charge on any atom is 0.0853 e. The average molecular weight is 291 g/mol. The molecule has 0 saturated heterocycles. The van der Waals surface area contributed by atoms with Gasteiger partial charge in [-0.25, -0.2) is 0 Å². The molecule has 0 fully saturated rings. The zero-order valence-electron chi connectivity index (χ0n) is 14.5. The van der Waals surface area contributed by atoms with Crippen LogP contribution >= 0.6 is 0 Å². The lowest BCUT2D eigenvalue weighted by atomic mass is 9.81. The topological polar surface area (TPSA) is 23.5 Å². The molecule has 21 heavy (non-hydrogen) atoms. The summed E-state index contributed by atoms with van der Waals surface area (Å²) in [6.45, 7) is 13.1. The predicted octanol–water partition coefficient (Wildman–Crippen LogP) is 4.65. The van der Waals surface area contributed by atoms with E-state index in [-0.39, 0.29) is 5.41 Å². The van der Waals surface area contributed by atoms with Gasteiger partial charge in [0.05, 0.1) is 6.10 Å². The van der Waals surface area contributed by atoms with Crippen LogP contribution in [0.3, 0.4) is 0 Å². The fourth-order valence-electron chi connectivity index (χ4n) is 2.78. The Balaban J connectivity index is 2.71. The summed E-state index contributed by atoms with van der Waals surface area (Å²) in [4.78, 5) is 2.50. The zero-order chi connectivity index (χ0) is 15.9. The molecule has 1 atom stereocenters. The summed E-state index contributed by atoms with van der Waals surface area (Å²) in [5.74, 6) is 0. The Kier molecular flexibility index (Phi) is 7.41. The first-order chi connectivity index (χ1) is 9.88. The first kappa shape index (κ1) is 18.2. The van der Waals surface area contributed by atoms with Crippen LogP contribution < -0.4 is 0 Å². The van der Waals surface area contributed by atoms with Gasteiger partial charge in [0.15, 0.2) is 0 Å². The van der Waals surface area contributed by atoms with Gasteiger partial charge in [-0.05, 0) is 32.4 Å². The predicted molar refractivity (Wildman–Crippen MR) is 91.4 cm³/mol. The normalized spacial score (nSPS) is 13.9. The number of hydrogen-bond acceptors (Lipinski definition) is 2. The molecule has 0 radical (unpaired) electrons. The SMILES string of the molecule is CCCCCN(CC(C)(C)C(O)c1ccccc1)C(C)C. The number of unbranched alkanes of at least 4 members (excludes halogenated alkanes) is 2. The third-order valence-electron chi connectivity index (χ3n) is 4.25. The molecule has 0 aliphatic rings.